The molecule has 0 saturated carbocycles. The number of pyridine rings is 1. The second-order valence-electron chi connectivity index (χ2n) is 4.58. The highest BCUT2D eigenvalue weighted by molar-refractivity contribution is 6.02. The Bertz CT molecular complexity index is 784. The molecule has 1 N–H and O–H groups in total. The Morgan fingerprint density at radius 1 is 1.18 bits per heavy atom. The van der Waals surface area contributed by atoms with E-state index >= 15 is 0 Å². The lowest BCUT2D eigenvalue weighted by Crippen LogP contribution is -2.11. The van der Waals surface area contributed by atoms with Crippen LogP contribution < -0.4 is 10.1 Å². The Labute approximate surface area is 126 Å². The van der Waals surface area contributed by atoms with Gasteiger partial charge in [-0.15, -0.1) is 0 Å². The highest BCUT2D eigenvalue weighted by atomic mass is 16.5. The summed E-state index contributed by atoms with van der Waals surface area (Å²) in [7, 11) is 0. The maximum absolute atomic E-state index is 12.0. The molecule has 0 aliphatic heterocycles. The van der Waals surface area contributed by atoms with E-state index in [1.54, 1.807) is 31.3 Å². The lowest BCUT2D eigenvalue weighted by Gasteiger charge is -2.07. The molecule has 2 aromatic heterocycles. The molecule has 6 heteroatoms. The summed E-state index contributed by atoms with van der Waals surface area (Å²) in [5, 5.41) is 6.38. The summed E-state index contributed by atoms with van der Waals surface area (Å²) in [6.45, 7) is 1.75. The van der Waals surface area contributed by atoms with Crippen molar-refractivity contribution >= 4 is 11.6 Å². The lowest BCUT2D eigenvalue weighted by atomic mass is 10.3. The highest BCUT2D eigenvalue weighted by Gasteiger charge is 2.12. The lowest BCUT2D eigenvalue weighted by molar-refractivity contribution is 0.0988. The molecule has 0 fully saturated rings. The fourth-order valence-electron chi connectivity index (χ4n) is 1.82. The molecule has 0 saturated heterocycles. The average molecular weight is 295 g/mol. The molecule has 0 bridgehead atoms. The molecule has 0 radical (unpaired) electrons. The van der Waals surface area contributed by atoms with E-state index in [0.717, 1.165) is 0 Å². The van der Waals surface area contributed by atoms with Crippen LogP contribution in [0.1, 0.15) is 16.2 Å². The van der Waals surface area contributed by atoms with E-state index in [1.807, 2.05) is 30.3 Å². The first kappa shape index (κ1) is 13.8. The van der Waals surface area contributed by atoms with Crippen molar-refractivity contribution in [1.82, 2.24) is 10.1 Å². The van der Waals surface area contributed by atoms with E-state index in [0.29, 0.717) is 23.0 Å². The first-order valence-electron chi connectivity index (χ1n) is 6.64. The number of rotatable bonds is 4. The third-order valence-electron chi connectivity index (χ3n) is 2.81. The first-order valence-corrected chi connectivity index (χ1v) is 6.64. The zero-order chi connectivity index (χ0) is 15.4. The van der Waals surface area contributed by atoms with Gasteiger partial charge in [-0.25, -0.2) is 4.98 Å². The van der Waals surface area contributed by atoms with Crippen LogP contribution in [0.25, 0.3) is 0 Å². The molecule has 22 heavy (non-hydrogen) atoms. The normalized spacial score (nSPS) is 10.2. The van der Waals surface area contributed by atoms with Gasteiger partial charge in [0.1, 0.15) is 5.75 Å². The van der Waals surface area contributed by atoms with E-state index in [1.165, 1.54) is 0 Å². The van der Waals surface area contributed by atoms with Crippen LogP contribution >= 0.6 is 0 Å². The van der Waals surface area contributed by atoms with Gasteiger partial charge in [0.25, 0.3) is 5.91 Å². The van der Waals surface area contributed by atoms with Gasteiger partial charge in [-0.3, -0.25) is 4.79 Å². The van der Waals surface area contributed by atoms with E-state index in [4.69, 9.17) is 9.26 Å². The predicted molar refractivity (Wildman–Crippen MR) is 79.9 cm³/mol. The number of ether oxygens (including phenoxy) is 1. The van der Waals surface area contributed by atoms with Gasteiger partial charge in [0.15, 0.2) is 0 Å². The topological polar surface area (TPSA) is 77.2 Å². The minimum atomic E-state index is -0.377. The minimum Gasteiger partial charge on any atom is -0.439 e. The SMILES string of the molecule is Cc1cc(C(=O)Nc2ccnc(Oc3ccccc3)c2)on1. The Morgan fingerprint density at radius 2 is 2.00 bits per heavy atom. The van der Waals surface area contributed by atoms with Gasteiger partial charge in [-0.2, -0.15) is 0 Å². The van der Waals surface area contributed by atoms with Gasteiger partial charge in [-0.1, -0.05) is 23.4 Å². The largest absolute Gasteiger partial charge is 0.439 e. The molecular weight excluding hydrogens is 282 g/mol. The number of carbonyl (C=O) groups excluding carboxylic acids is 1. The number of para-hydroxylation sites is 1. The third kappa shape index (κ3) is 3.29. The molecule has 0 aliphatic rings. The predicted octanol–water partition coefficient (Wildman–Crippen LogP) is 3.42. The number of anilines is 1. The molecule has 2 heterocycles. The molecule has 1 aromatic carbocycles. The second kappa shape index (κ2) is 6.09. The van der Waals surface area contributed by atoms with Gasteiger partial charge < -0.3 is 14.6 Å². The summed E-state index contributed by atoms with van der Waals surface area (Å²) in [4.78, 5) is 16.1. The van der Waals surface area contributed by atoms with Crippen molar-refractivity contribution in [1.29, 1.82) is 0 Å². The van der Waals surface area contributed by atoms with Crippen molar-refractivity contribution < 1.29 is 14.1 Å². The summed E-state index contributed by atoms with van der Waals surface area (Å²) >= 11 is 0. The van der Waals surface area contributed by atoms with Crippen LogP contribution in [0, 0.1) is 6.92 Å². The van der Waals surface area contributed by atoms with Crippen LogP contribution in [-0.4, -0.2) is 16.0 Å². The number of hydrogen-bond acceptors (Lipinski definition) is 5. The van der Waals surface area contributed by atoms with Gasteiger partial charge >= 0.3 is 0 Å². The van der Waals surface area contributed by atoms with E-state index in [-0.39, 0.29) is 11.7 Å². The van der Waals surface area contributed by atoms with Crippen LogP contribution in [0.3, 0.4) is 0 Å². The number of amides is 1. The van der Waals surface area contributed by atoms with Crippen LogP contribution in [0.5, 0.6) is 11.6 Å². The molecule has 0 unspecified atom stereocenters. The molecule has 0 atom stereocenters. The first-order chi connectivity index (χ1) is 10.7. The molecule has 3 rings (SSSR count). The molecule has 6 nitrogen and oxygen atoms in total. The molecule has 0 spiro atoms. The maximum atomic E-state index is 12.0. The summed E-state index contributed by atoms with van der Waals surface area (Å²) in [5.41, 5.74) is 1.20. The fourth-order valence-corrected chi connectivity index (χ4v) is 1.82. The molecule has 110 valence electrons. The van der Waals surface area contributed by atoms with Gasteiger partial charge in [0, 0.05) is 24.0 Å². The number of hydrogen-bond donors (Lipinski definition) is 1. The average Bonchev–Trinajstić information content (AvgIpc) is 2.95. The second-order valence-corrected chi connectivity index (χ2v) is 4.58. The zero-order valence-corrected chi connectivity index (χ0v) is 11.8. The summed E-state index contributed by atoms with van der Waals surface area (Å²) in [6.07, 6.45) is 1.56. The number of aromatic nitrogens is 2. The van der Waals surface area contributed by atoms with Crippen molar-refractivity contribution in [3.05, 3.63) is 66.2 Å². The zero-order valence-electron chi connectivity index (χ0n) is 11.8. The van der Waals surface area contributed by atoms with Crippen molar-refractivity contribution in [3.8, 4) is 11.6 Å². The van der Waals surface area contributed by atoms with Crippen LogP contribution in [-0.2, 0) is 0 Å². The summed E-state index contributed by atoms with van der Waals surface area (Å²) < 4.78 is 10.5. The molecule has 3 aromatic rings. The molecular formula is C16H13N3O3. The van der Waals surface area contributed by atoms with Gasteiger partial charge in [0.05, 0.1) is 5.69 Å². The van der Waals surface area contributed by atoms with Crippen LogP contribution in [0.15, 0.2) is 59.3 Å². The third-order valence-corrected chi connectivity index (χ3v) is 2.81. The number of aryl methyl sites for hydroxylation is 1. The quantitative estimate of drug-likeness (QED) is 0.798. The molecule has 1 amide bonds. The van der Waals surface area contributed by atoms with Crippen LogP contribution in [0.4, 0.5) is 5.69 Å². The van der Waals surface area contributed by atoms with Crippen LogP contribution in [0.2, 0.25) is 0 Å². The summed E-state index contributed by atoms with van der Waals surface area (Å²) in [6, 6.07) is 14.1. The minimum absolute atomic E-state index is 0.153. The van der Waals surface area contributed by atoms with Gasteiger partial charge in [0.2, 0.25) is 11.6 Å². The monoisotopic (exact) mass is 295 g/mol. The Balaban J connectivity index is 1.72. The van der Waals surface area contributed by atoms with Crippen molar-refractivity contribution in [3.63, 3.8) is 0 Å². The number of carbonyl (C=O) groups is 1. The Kier molecular flexibility index (Phi) is 3.82. The smallest absolute Gasteiger partial charge is 0.294 e. The number of nitrogens with one attached hydrogen (secondary N) is 1. The van der Waals surface area contributed by atoms with E-state index in [9.17, 15) is 4.79 Å². The number of nitrogens with zero attached hydrogens (tertiary/aromatic N) is 2. The molecule has 0 aliphatic carbocycles. The standard InChI is InChI=1S/C16H13N3O3/c1-11-9-14(22-19-11)16(20)18-12-7-8-17-15(10-12)21-13-5-3-2-4-6-13/h2-10H,1H3,(H,17,18,20). The van der Waals surface area contributed by atoms with Crippen molar-refractivity contribution in [2.45, 2.75) is 6.92 Å². The van der Waals surface area contributed by atoms with Crippen molar-refractivity contribution in [2.24, 2.45) is 0 Å². The van der Waals surface area contributed by atoms with Gasteiger partial charge in [-0.05, 0) is 25.1 Å². The highest BCUT2D eigenvalue weighted by Crippen LogP contribution is 2.21. The fraction of sp³-hybridized carbons (Fsp3) is 0.0625. The van der Waals surface area contributed by atoms with E-state index < -0.39 is 0 Å². The van der Waals surface area contributed by atoms with E-state index in [2.05, 4.69) is 15.5 Å². The van der Waals surface area contributed by atoms with Crippen molar-refractivity contribution in [2.75, 3.05) is 5.32 Å². The Morgan fingerprint density at radius 3 is 2.73 bits per heavy atom. The maximum Gasteiger partial charge on any atom is 0.294 e. The summed E-state index contributed by atoms with van der Waals surface area (Å²) in [5.74, 6) is 0.833. The Hall–Kier alpha value is -3.15. The number of benzene rings is 1.